The third-order valence-electron chi connectivity index (χ3n) is 4.07. The van der Waals surface area contributed by atoms with Gasteiger partial charge >= 0.3 is 0 Å². The molecule has 5 nitrogen and oxygen atoms in total. The summed E-state index contributed by atoms with van der Waals surface area (Å²) in [6, 6.07) is 14.3. The van der Waals surface area contributed by atoms with Gasteiger partial charge < -0.3 is 15.6 Å². The summed E-state index contributed by atoms with van der Waals surface area (Å²) in [5.74, 6) is -1.03. The number of halogens is 1. The van der Waals surface area contributed by atoms with Crippen LogP contribution in [0, 0.1) is 5.82 Å². The second-order valence-corrected chi connectivity index (χ2v) is 5.86. The third kappa shape index (κ3) is 3.00. The quantitative estimate of drug-likeness (QED) is 0.629. The van der Waals surface area contributed by atoms with Gasteiger partial charge in [0.15, 0.2) is 0 Å². The zero-order chi connectivity index (χ0) is 18.1. The van der Waals surface area contributed by atoms with Crippen LogP contribution in [0.25, 0.3) is 11.6 Å². The van der Waals surface area contributed by atoms with Gasteiger partial charge in [-0.25, -0.2) is 4.39 Å². The molecule has 0 saturated heterocycles. The van der Waals surface area contributed by atoms with Gasteiger partial charge in [-0.05, 0) is 54.6 Å². The van der Waals surface area contributed by atoms with Crippen molar-refractivity contribution >= 4 is 34.8 Å². The number of nitrogens with one attached hydrogen (secondary N) is 3. The number of hydrogen-bond donors (Lipinski definition) is 3. The van der Waals surface area contributed by atoms with Crippen LogP contribution in [0.2, 0.25) is 0 Å². The molecule has 2 heterocycles. The number of carbonyl (C=O) groups is 2. The van der Waals surface area contributed by atoms with Crippen LogP contribution in [0.5, 0.6) is 0 Å². The van der Waals surface area contributed by atoms with E-state index in [4.69, 9.17) is 0 Å². The van der Waals surface area contributed by atoms with Gasteiger partial charge in [0, 0.05) is 34.4 Å². The Morgan fingerprint density at radius 3 is 2.73 bits per heavy atom. The zero-order valence-electron chi connectivity index (χ0n) is 13.5. The van der Waals surface area contributed by atoms with Crippen molar-refractivity contribution in [3.05, 3.63) is 83.4 Å². The standard InChI is InChI=1S/C20H14FN3O2/c21-13-3-1-4-15(10-13)23-19(25)12-6-7-18-16(9-12)17(20(26)24-18)11-14-5-2-8-22-14/h1-11,22H,(H,23,25)(H,24,26)/b17-11-. The minimum Gasteiger partial charge on any atom is -0.362 e. The highest BCUT2D eigenvalue weighted by atomic mass is 19.1. The van der Waals surface area contributed by atoms with Crippen LogP contribution in [0.3, 0.4) is 0 Å². The van der Waals surface area contributed by atoms with Crippen molar-refractivity contribution in [1.29, 1.82) is 0 Å². The molecule has 0 radical (unpaired) electrons. The number of amides is 2. The molecular formula is C20H14FN3O2. The van der Waals surface area contributed by atoms with Crippen LogP contribution in [-0.4, -0.2) is 16.8 Å². The molecule has 1 aromatic heterocycles. The lowest BCUT2D eigenvalue weighted by atomic mass is 10.0. The van der Waals surface area contributed by atoms with Gasteiger partial charge in [0.05, 0.1) is 5.57 Å². The van der Waals surface area contributed by atoms with Gasteiger partial charge in [0.25, 0.3) is 11.8 Å². The van der Waals surface area contributed by atoms with Crippen LogP contribution in [0.1, 0.15) is 21.6 Å². The Balaban J connectivity index is 1.65. The Hall–Kier alpha value is -3.67. The molecule has 3 aromatic rings. The summed E-state index contributed by atoms with van der Waals surface area (Å²) in [5.41, 5.74) is 3.31. The predicted molar refractivity (Wildman–Crippen MR) is 98.1 cm³/mol. The Morgan fingerprint density at radius 2 is 1.96 bits per heavy atom. The largest absolute Gasteiger partial charge is 0.362 e. The van der Waals surface area contributed by atoms with Crippen LogP contribution in [0.15, 0.2) is 60.8 Å². The highest BCUT2D eigenvalue weighted by Crippen LogP contribution is 2.33. The zero-order valence-corrected chi connectivity index (χ0v) is 13.5. The van der Waals surface area contributed by atoms with Crippen LogP contribution in [0.4, 0.5) is 15.8 Å². The molecule has 6 heteroatoms. The maximum Gasteiger partial charge on any atom is 0.256 e. The van der Waals surface area contributed by atoms with Crippen molar-refractivity contribution in [2.75, 3.05) is 10.6 Å². The fourth-order valence-corrected chi connectivity index (χ4v) is 2.83. The average molecular weight is 347 g/mol. The van der Waals surface area contributed by atoms with E-state index in [1.54, 1.807) is 36.5 Å². The summed E-state index contributed by atoms with van der Waals surface area (Å²) >= 11 is 0. The van der Waals surface area contributed by atoms with Crippen molar-refractivity contribution in [1.82, 2.24) is 4.98 Å². The van der Waals surface area contributed by atoms with E-state index in [-0.39, 0.29) is 11.8 Å². The Kier molecular flexibility index (Phi) is 3.85. The van der Waals surface area contributed by atoms with Gasteiger partial charge in [-0.2, -0.15) is 0 Å². The van der Waals surface area contributed by atoms with E-state index in [1.807, 2.05) is 12.1 Å². The van der Waals surface area contributed by atoms with Gasteiger partial charge in [0.1, 0.15) is 5.82 Å². The Labute approximate surface area is 148 Å². The summed E-state index contributed by atoms with van der Waals surface area (Å²) in [7, 11) is 0. The van der Waals surface area contributed by atoms with Crippen LogP contribution < -0.4 is 10.6 Å². The van der Waals surface area contributed by atoms with Crippen molar-refractivity contribution in [2.45, 2.75) is 0 Å². The fourth-order valence-electron chi connectivity index (χ4n) is 2.83. The number of rotatable bonds is 3. The predicted octanol–water partition coefficient (Wildman–Crippen LogP) is 3.90. The maximum absolute atomic E-state index is 13.3. The molecule has 0 saturated carbocycles. The first-order valence-corrected chi connectivity index (χ1v) is 7.98. The second-order valence-electron chi connectivity index (χ2n) is 5.86. The number of H-pyrrole nitrogens is 1. The van der Waals surface area contributed by atoms with Gasteiger partial charge in [-0.3, -0.25) is 9.59 Å². The molecule has 1 aliphatic heterocycles. The van der Waals surface area contributed by atoms with E-state index in [9.17, 15) is 14.0 Å². The van der Waals surface area contributed by atoms with Crippen molar-refractivity contribution in [3.63, 3.8) is 0 Å². The number of fused-ring (bicyclic) bond motifs is 1. The first kappa shape index (κ1) is 15.8. The monoisotopic (exact) mass is 347 g/mol. The topological polar surface area (TPSA) is 74.0 Å². The number of anilines is 2. The lowest BCUT2D eigenvalue weighted by molar-refractivity contribution is -0.110. The van der Waals surface area contributed by atoms with E-state index in [0.29, 0.717) is 28.1 Å². The van der Waals surface area contributed by atoms with E-state index in [1.165, 1.54) is 18.2 Å². The molecule has 0 atom stereocenters. The third-order valence-corrected chi connectivity index (χ3v) is 4.07. The van der Waals surface area contributed by atoms with Crippen molar-refractivity contribution in [3.8, 4) is 0 Å². The lowest BCUT2D eigenvalue weighted by Gasteiger charge is -2.07. The van der Waals surface area contributed by atoms with E-state index < -0.39 is 5.82 Å². The van der Waals surface area contributed by atoms with E-state index in [0.717, 1.165) is 5.69 Å². The molecule has 1 aliphatic rings. The normalized spacial score (nSPS) is 14.2. The Morgan fingerprint density at radius 1 is 1.08 bits per heavy atom. The molecule has 0 fully saturated rings. The maximum atomic E-state index is 13.3. The highest BCUT2D eigenvalue weighted by Gasteiger charge is 2.25. The summed E-state index contributed by atoms with van der Waals surface area (Å²) in [6.45, 7) is 0. The molecule has 0 spiro atoms. The van der Waals surface area contributed by atoms with Crippen LogP contribution >= 0.6 is 0 Å². The summed E-state index contributed by atoms with van der Waals surface area (Å²) < 4.78 is 13.3. The number of hydrogen-bond acceptors (Lipinski definition) is 2. The summed E-state index contributed by atoms with van der Waals surface area (Å²) in [5, 5.41) is 5.43. The molecule has 2 aromatic carbocycles. The smallest absolute Gasteiger partial charge is 0.256 e. The van der Waals surface area contributed by atoms with Crippen LogP contribution in [-0.2, 0) is 4.79 Å². The summed E-state index contributed by atoms with van der Waals surface area (Å²) in [6.07, 6.45) is 3.50. The van der Waals surface area contributed by atoms with Gasteiger partial charge in [0.2, 0.25) is 0 Å². The molecule has 0 aliphatic carbocycles. The van der Waals surface area contributed by atoms with Gasteiger partial charge in [-0.1, -0.05) is 6.07 Å². The number of carbonyl (C=O) groups excluding carboxylic acids is 2. The van der Waals surface area contributed by atoms with E-state index in [2.05, 4.69) is 15.6 Å². The molecule has 26 heavy (non-hydrogen) atoms. The number of benzene rings is 2. The summed E-state index contributed by atoms with van der Waals surface area (Å²) in [4.78, 5) is 27.7. The molecule has 0 bridgehead atoms. The molecule has 2 amide bonds. The second kappa shape index (κ2) is 6.33. The SMILES string of the molecule is O=C1Nc2ccc(C(=O)Nc3cccc(F)c3)cc2/C1=C/c1ccc[nH]1. The molecule has 4 rings (SSSR count). The molecule has 0 unspecified atom stereocenters. The lowest BCUT2D eigenvalue weighted by Crippen LogP contribution is -2.12. The molecular weight excluding hydrogens is 333 g/mol. The van der Waals surface area contributed by atoms with Crippen molar-refractivity contribution < 1.29 is 14.0 Å². The van der Waals surface area contributed by atoms with Crippen molar-refractivity contribution in [2.24, 2.45) is 0 Å². The minimum atomic E-state index is -0.428. The minimum absolute atomic E-state index is 0.225. The average Bonchev–Trinajstić information content (AvgIpc) is 3.23. The highest BCUT2D eigenvalue weighted by molar-refractivity contribution is 6.35. The van der Waals surface area contributed by atoms with Gasteiger partial charge in [-0.15, -0.1) is 0 Å². The first-order valence-electron chi connectivity index (χ1n) is 7.98. The number of aromatic amines is 1. The van der Waals surface area contributed by atoms with E-state index >= 15 is 0 Å². The fraction of sp³-hybridized carbons (Fsp3) is 0. The Bertz CT molecular complexity index is 1040. The molecule has 3 N–H and O–H groups in total. The number of aromatic nitrogens is 1. The first-order chi connectivity index (χ1) is 12.6. The molecule has 128 valence electrons.